The molecular formula is C30H40F2N4O6. The van der Waals surface area contributed by atoms with E-state index in [0.29, 0.717) is 37.1 Å². The zero-order valence-corrected chi connectivity index (χ0v) is 24.4. The first-order valence-corrected chi connectivity index (χ1v) is 14.7. The number of nitrogens with one attached hydrogen (secondary N) is 2. The number of hydrogen-bond acceptors (Lipinski definition) is 7. The van der Waals surface area contributed by atoms with Gasteiger partial charge in [0.1, 0.15) is 18.4 Å². The predicted molar refractivity (Wildman–Crippen MR) is 151 cm³/mol. The predicted octanol–water partition coefficient (Wildman–Crippen LogP) is 4.69. The third-order valence-corrected chi connectivity index (χ3v) is 8.58. The van der Waals surface area contributed by atoms with E-state index < -0.39 is 35.7 Å². The lowest BCUT2D eigenvalue weighted by atomic mass is 9.95. The molecule has 0 radical (unpaired) electrons. The van der Waals surface area contributed by atoms with Gasteiger partial charge in [-0.25, -0.2) is 9.78 Å². The monoisotopic (exact) mass is 590 g/mol. The van der Waals surface area contributed by atoms with Crippen LogP contribution in [0.2, 0.25) is 0 Å². The second-order valence-corrected chi connectivity index (χ2v) is 11.3. The number of aromatic nitrogens is 2. The fraction of sp³-hybridized carbons (Fsp3) is 0.633. The summed E-state index contributed by atoms with van der Waals surface area (Å²) in [5, 5.41) is 2.52. The van der Waals surface area contributed by atoms with Crippen molar-refractivity contribution in [2.75, 3.05) is 20.2 Å². The Hall–Kier alpha value is -3.57. The Bertz CT molecular complexity index is 1350. The number of nitrogens with zero attached hydrogens (tertiary/aromatic N) is 2. The molecule has 1 aromatic carbocycles. The average molecular weight is 591 g/mol. The number of carbonyl (C=O) groups excluding carboxylic acids is 3. The van der Waals surface area contributed by atoms with Crippen LogP contribution in [0.4, 0.5) is 13.6 Å². The van der Waals surface area contributed by atoms with Gasteiger partial charge in [-0.3, -0.25) is 14.4 Å². The minimum absolute atomic E-state index is 0.0308. The maximum absolute atomic E-state index is 15.0. The van der Waals surface area contributed by atoms with Crippen molar-refractivity contribution in [1.82, 2.24) is 20.2 Å². The Balaban J connectivity index is 1.23. The molecule has 2 aromatic rings. The number of rotatable bonds is 12. The van der Waals surface area contributed by atoms with Gasteiger partial charge in [0.15, 0.2) is 11.5 Å². The molecule has 1 aliphatic heterocycles. The number of amides is 2. The number of aromatic amines is 1. The number of benzene rings is 1. The molecular weight excluding hydrogens is 550 g/mol. The smallest absolute Gasteiger partial charge is 0.407 e. The number of halogens is 2. The van der Waals surface area contributed by atoms with Crippen molar-refractivity contribution in [2.45, 2.75) is 89.7 Å². The van der Waals surface area contributed by atoms with Crippen LogP contribution in [-0.2, 0) is 20.2 Å². The zero-order valence-electron chi connectivity index (χ0n) is 24.4. The molecule has 12 heteroatoms. The molecule has 1 saturated heterocycles. The highest BCUT2D eigenvalue weighted by Crippen LogP contribution is 2.35. The van der Waals surface area contributed by atoms with Gasteiger partial charge in [-0.1, -0.05) is 19.8 Å². The normalized spacial score (nSPS) is 22.4. The molecule has 42 heavy (non-hydrogen) atoms. The number of unbranched alkanes of at least 4 members (excludes halogenated alkanes) is 1. The molecule has 1 aliphatic carbocycles. The van der Waals surface area contributed by atoms with Crippen LogP contribution in [-0.4, -0.2) is 65.0 Å². The van der Waals surface area contributed by atoms with Crippen molar-refractivity contribution in [1.29, 1.82) is 0 Å². The molecule has 1 saturated carbocycles. The number of hydrogen-bond donors (Lipinski definition) is 2. The molecule has 0 bridgehead atoms. The minimum Gasteiger partial charge on any atom is -0.497 e. The minimum atomic E-state index is -3.40. The largest absolute Gasteiger partial charge is 0.497 e. The molecule has 2 amide bonds. The van der Waals surface area contributed by atoms with Crippen molar-refractivity contribution < 1.29 is 32.6 Å². The summed E-state index contributed by atoms with van der Waals surface area (Å²) >= 11 is 0. The highest BCUT2D eigenvalue weighted by Gasteiger charge is 2.39. The number of ether oxygens (including phenoxy) is 2. The van der Waals surface area contributed by atoms with Gasteiger partial charge in [0.2, 0.25) is 5.91 Å². The van der Waals surface area contributed by atoms with Crippen molar-refractivity contribution in [3.8, 4) is 5.75 Å². The lowest BCUT2D eigenvalue weighted by Gasteiger charge is -2.26. The van der Waals surface area contributed by atoms with Crippen LogP contribution in [0.5, 0.6) is 5.75 Å². The maximum atomic E-state index is 15.0. The molecule has 230 valence electrons. The number of H-pyrrole nitrogens is 1. The van der Waals surface area contributed by atoms with Gasteiger partial charge in [0, 0.05) is 19.0 Å². The van der Waals surface area contributed by atoms with Gasteiger partial charge >= 0.3 is 6.09 Å². The highest BCUT2D eigenvalue weighted by atomic mass is 19.3. The highest BCUT2D eigenvalue weighted by molar-refractivity contribution is 5.90. The topological polar surface area (TPSA) is 131 Å². The van der Waals surface area contributed by atoms with Crippen LogP contribution < -0.4 is 15.6 Å². The van der Waals surface area contributed by atoms with Gasteiger partial charge in [-0.2, -0.15) is 8.78 Å². The molecule has 0 spiro atoms. The summed E-state index contributed by atoms with van der Waals surface area (Å²) in [6, 6.07) is 4.19. The van der Waals surface area contributed by atoms with Crippen LogP contribution in [0.15, 0.2) is 23.0 Å². The number of alkyl carbamates (subject to hydrolysis) is 1. The van der Waals surface area contributed by atoms with E-state index in [1.807, 2.05) is 6.92 Å². The van der Waals surface area contributed by atoms with E-state index in [0.717, 1.165) is 25.7 Å². The number of methoxy groups -OCH3 is 1. The van der Waals surface area contributed by atoms with Crippen molar-refractivity contribution in [2.24, 2.45) is 11.8 Å². The van der Waals surface area contributed by atoms with Gasteiger partial charge in [0.05, 0.1) is 24.2 Å². The van der Waals surface area contributed by atoms with Crippen LogP contribution in [0.25, 0.3) is 11.0 Å². The summed E-state index contributed by atoms with van der Waals surface area (Å²) < 4.78 is 40.6. The molecule has 2 aliphatic rings. The molecule has 1 aromatic heterocycles. The lowest BCUT2D eigenvalue weighted by Crippen LogP contribution is -2.47. The van der Waals surface area contributed by atoms with Crippen LogP contribution in [0.3, 0.4) is 0 Å². The fourth-order valence-electron chi connectivity index (χ4n) is 6.34. The van der Waals surface area contributed by atoms with E-state index in [1.165, 1.54) is 26.2 Å². The number of fused-ring (bicyclic) bond motifs is 1. The quantitative estimate of drug-likeness (QED) is 0.343. The molecule has 10 nitrogen and oxygen atoms in total. The summed E-state index contributed by atoms with van der Waals surface area (Å²) in [4.78, 5) is 57.6. The van der Waals surface area contributed by atoms with Crippen molar-refractivity contribution in [3.63, 3.8) is 0 Å². The molecule has 2 fully saturated rings. The van der Waals surface area contributed by atoms with Gasteiger partial charge in [0.25, 0.3) is 11.5 Å². The molecule has 2 heterocycles. The van der Waals surface area contributed by atoms with E-state index in [-0.39, 0.29) is 48.1 Å². The average Bonchev–Trinajstić information content (AvgIpc) is 3.60. The Morgan fingerprint density at radius 1 is 1.17 bits per heavy atom. The van der Waals surface area contributed by atoms with Crippen LogP contribution in [0, 0.1) is 11.8 Å². The Kier molecular flexibility index (Phi) is 10.2. The summed E-state index contributed by atoms with van der Waals surface area (Å²) in [5.74, 6) is -3.12. The second-order valence-electron chi connectivity index (χ2n) is 11.3. The van der Waals surface area contributed by atoms with E-state index in [9.17, 15) is 28.0 Å². The van der Waals surface area contributed by atoms with Gasteiger partial charge in [-0.05, 0) is 69.4 Å². The van der Waals surface area contributed by atoms with Crippen LogP contribution in [0.1, 0.15) is 77.3 Å². The SMILES string of the molecule is CC[C@@H]1CCN(C(=O)CNC(=O)OC2CCC[C@H]2CCCCC(F)(F)c2nc3ccc(OC)cc3[nH]c2=O)[C@@H]1C(C)=O. The number of alkyl halides is 2. The number of carbonyl (C=O) groups is 3. The van der Waals surface area contributed by atoms with Gasteiger partial charge < -0.3 is 24.7 Å². The van der Waals surface area contributed by atoms with E-state index in [2.05, 4.69) is 15.3 Å². The van der Waals surface area contributed by atoms with Gasteiger partial charge in [-0.15, -0.1) is 0 Å². The summed E-state index contributed by atoms with van der Waals surface area (Å²) in [6.07, 6.45) is 3.56. The Morgan fingerprint density at radius 3 is 2.67 bits per heavy atom. The van der Waals surface area contributed by atoms with E-state index >= 15 is 0 Å². The number of ketones is 1. The zero-order chi connectivity index (χ0) is 30.4. The lowest BCUT2D eigenvalue weighted by molar-refractivity contribution is -0.137. The van der Waals surface area contributed by atoms with E-state index in [1.54, 1.807) is 11.0 Å². The molecule has 1 unspecified atom stereocenters. The standard InChI is InChI=1S/C30H40F2N4O6/c1-4-19-13-15-36(26(19)18(2)37)25(38)17-33-29(40)42-24-10-7-9-20(24)8-5-6-14-30(31,32)27-28(39)35-23-16-21(41-3)11-12-22(23)34-27/h11-12,16,19-20,24,26H,4-10,13-15,17H2,1-3H3,(H,33,40)(H,35,39)/t19-,20-,24?,26-/m1/s1. The second kappa shape index (κ2) is 13.6. The maximum Gasteiger partial charge on any atom is 0.407 e. The fourth-order valence-corrected chi connectivity index (χ4v) is 6.34. The summed E-state index contributed by atoms with van der Waals surface area (Å²) in [5.41, 5.74) is -1.16. The molecule has 4 rings (SSSR count). The summed E-state index contributed by atoms with van der Waals surface area (Å²) in [6.45, 7) is 3.72. The Labute approximate surface area is 243 Å². The van der Waals surface area contributed by atoms with Crippen molar-refractivity contribution >= 4 is 28.8 Å². The molecule has 2 N–H and O–H groups in total. The number of likely N-dealkylation sites (tertiary alicyclic amines) is 1. The molecule has 4 atom stereocenters. The van der Waals surface area contributed by atoms with Crippen LogP contribution >= 0.6 is 0 Å². The summed E-state index contributed by atoms with van der Waals surface area (Å²) in [7, 11) is 1.47. The first kappa shape index (κ1) is 31.4. The first-order valence-electron chi connectivity index (χ1n) is 14.7. The first-order chi connectivity index (χ1) is 20.0. The van der Waals surface area contributed by atoms with Crippen molar-refractivity contribution in [3.05, 3.63) is 34.2 Å². The Morgan fingerprint density at radius 2 is 1.95 bits per heavy atom. The third-order valence-electron chi connectivity index (χ3n) is 8.58. The number of Topliss-reactive ketones (excluding diaryl/α,β-unsaturated/α-hetero) is 1. The van der Waals surface area contributed by atoms with E-state index in [4.69, 9.17) is 9.47 Å². The third kappa shape index (κ3) is 7.25.